The van der Waals surface area contributed by atoms with Crippen molar-refractivity contribution in [2.75, 3.05) is 16.0 Å². The smallest absolute Gasteiger partial charge is 0.412 e. The predicted molar refractivity (Wildman–Crippen MR) is 200 cm³/mol. The summed E-state index contributed by atoms with van der Waals surface area (Å²) in [5, 5.41) is 10.0. The summed E-state index contributed by atoms with van der Waals surface area (Å²) in [5.41, 5.74) is 5.07. The molecule has 0 heterocycles. The molecule has 0 aromatic heterocycles. The number of rotatable bonds is 10. The number of benzene rings is 4. The number of hydrogen-bond donors (Lipinski definition) is 3. The van der Waals surface area contributed by atoms with E-state index in [1.54, 1.807) is 36.4 Å². The lowest BCUT2D eigenvalue weighted by Gasteiger charge is -2.19. The Bertz CT molecular complexity index is 1890. The summed E-state index contributed by atoms with van der Waals surface area (Å²) in [7, 11) is 0. The van der Waals surface area contributed by atoms with Crippen molar-refractivity contribution in [3.63, 3.8) is 0 Å². The molecule has 256 valence electrons. The second-order valence-electron chi connectivity index (χ2n) is 12.9. The van der Waals surface area contributed by atoms with Gasteiger partial charge in [-0.15, -0.1) is 23.2 Å². The summed E-state index contributed by atoms with van der Waals surface area (Å²) < 4.78 is 3.95. The molecule has 0 radical (unpaired) electrons. The fourth-order valence-electron chi connectivity index (χ4n) is 5.46. The average molecular weight is 762 g/mol. The van der Waals surface area contributed by atoms with Gasteiger partial charge in [-0.25, -0.2) is 4.79 Å². The van der Waals surface area contributed by atoms with E-state index in [2.05, 4.69) is 16.0 Å². The van der Waals surface area contributed by atoms with Crippen LogP contribution in [0.1, 0.15) is 59.3 Å². The van der Waals surface area contributed by atoms with Crippen LogP contribution in [0.3, 0.4) is 0 Å². The lowest BCUT2D eigenvalue weighted by atomic mass is 9.98. The van der Waals surface area contributed by atoms with Crippen LogP contribution in [0.25, 0.3) is 0 Å². The lowest BCUT2D eigenvalue weighted by molar-refractivity contribution is -0.117. The van der Waals surface area contributed by atoms with Crippen LogP contribution in [0.5, 0.6) is 0 Å². The van der Waals surface area contributed by atoms with Crippen LogP contribution in [-0.2, 0) is 22.5 Å². The first-order chi connectivity index (χ1) is 23.0. The van der Waals surface area contributed by atoms with E-state index in [0.717, 1.165) is 22.4 Å². The van der Waals surface area contributed by atoms with E-state index in [-0.39, 0.29) is 22.8 Å². The first kappa shape index (κ1) is 36.8. The molecule has 2 unspecified atom stereocenters. The first-order valence-corrected chi connectivity index (χ1v) is 17.3. The SMILES string of the molecule is Cc1cc(NCc2ccc(NC(=O)OC(C)(C)C)cc2)ccc1CC(=O)c1cc(NC(=O)C2C(c3cc(Cl)cc(Cl)c3)C2(Cl)Cl)ccc1Cl. The van der Waals surface area contributed by atoms with E-state index >= 15 is 0 Å². The number of Topliss-reactive ketones (excluding diaryl/α,β-unsaturated/α-hetero) is 1. The average Bonchev–Trinajstić information content (AvgIpc) is 3.59. The van der Waals surface area contributed by atoms with E-state index < -0.39 is 33.8 Å². The van der Waals surface area contributed by atoms with Crippen molar-refractivity contribution in [3.05, 3.63) is 122 Å². The predicted octanol–water partition coefficient (Wildman–Crippen LogP) is 10.9. The molecule has 3 N–H and O–H groups in total. The van der Waals surface area contributed by atoms with Gasteiger partial charge in [0.15, 0.2) is 5.78 Å². The van der Waals surface area contributed by atoms with E-state index in [4.69, 9.17) is 62.7 Å². The van der Waals surface area contributed by atoms with Crippen LogP contribution in [0.15, 0.2) is 78.9 Å². The molecule has 0 spiro atoms. The van der Waals surface area contributed by atoms with Crippen molar-refractivity contribution in [1.82, 2.24) is 0 Å². The molecule has 2 amide bonds. The van der Waals surface area contributed by atoms with Gasteiger partial charge in [-0.2, -0.15) is 0 Å². The Labute approximate surface area is 310 Å². The summed E-state index contributed by atoms with van der Waals surface area (Å²) in [6.07, 6.45) is -0.394. The highest BCUT2D eigenvalue weighted by molar-refractivity contribution is 6.53. The molecule has 4 aromatic carbocycles. The zero-order valence-electron chi connectivity index (χ0n) is 27.1. The number of nitrogens with one attached hydrogen (secondary N) is 3. The standard InChI is InChI=1S/C37H34Cl5N3O4/c1-20-13-27(43-19-21-5-8-26(9-6-21)45-35(48)49-36(2,3)4)10-7-22(20)16-31(46)29-18-28(11-12-30(29)40)44-34(47)33-32(37(33,41)42)23-14-24(38)17-25(39)15-23/h5-15,17-18,32-33,43H,16,19H2,1-4H3,(H,44,47)(H,45,48). The summed E-state index contributed by atoms with van der Waals surface area (Å²) in [6, 6.07) is 22.9. The van der Waals surface area contributed by atoms with Crippen molar-refractivity contribution in [3.8, 4) is 0 Å². The third kappa shape index (κ3) is 9.41. The number of halogens is 5. The Morgan fingerprint density at radius 1 is 0.796 bits per heavy atom. The fraction of sp³-hybridized carbons (Fsp3) is 0.270. The summed E-state index contributed by atoms with van der Waals surface area (Å²) in [5.74, 6) is -1.86. The number of amides is 2. The van der Waals surface area contributed by atoms with Crippen LogP contribution >= 0.6 is 58.0 Å². The number of aryl methyl sites for hydroxylation is 1. The van der Waals surface area contributed by atoms with Crippen molar-refractivity contribution in [2.45, 2.75) is 56.5 Å². The Morgan fingerprint density at radius 2 is 1.43 bits per heavy atom. The molecule has 4 aromatic rings. The number of ketones is 1. The number of hydrogen-bond acceptors (Lipinski definition) is 5. The molecule has 0 aliphatic heterocycles. The van der Waals surface area contributed by atoms with Crippen LogP contribution in [0.4, 0.5) is 21.9 Å². The van der Waals surface area contributed by atoms with Crippen molar-refractivity contribution in [1.29, 1.82) is 0 Å². The zero-order chi connectivity index (χ0) is 35.7. The molecule has 49 heavy (non-hydrogen) atoms. The monoisotopic (exact) mass is 759 g/mol. The van der Waals surface area contributed by atoms with Crippen LogP contribution < -0.4 is 16.0 Å². The molecule has 5 rings (SSSR count). The molecule has 2 atom stereocenters. The summed E-state index contributed by atoms with van der Waals surface area (Å²) >= 11 is 31.7. The number of ether oxygens (including phenoxy) is 1. The number of carbonyl (C=O) groups is 3. The number of alkyl halides is 2. The highest BCUT2D eigenvalue weighted by Crippen LogP contribution is 2.65. The van der Waals surface area contributed by atoms with Crippen LogP contribution in [-0.4, -0.2) is 27.7 Å². The second kappa shape index (κ2) is 14.8. The van der Waals surface area contributed by atoms with Gasteiger partial charge in [0.05, 0.1) is 10.9 Å². The maximum Gasteiger partial charge on any atom is 0.412 e. The van der Waals surface area contributed by atoms with Gasteiger partial charge < -0.3 is 15.4 Å². The van der Waals surface area contributed by atoms with E-state index in [0.29, 0.717) is 33.5 Å². The molecule has 1 saturated carbocycles. The van der Waals surface area contributed by atoms with E-state index in [9.17, 15) is 14.4 Å². The first-order valence-electron chi connectivity index (χ1n) is 15.4. The molecule has 0 saturated heterocycles. The van der Waals surface area contributed by atoms with Gasteiger partial charge in [0.1, 0.15) is 9.93 Å². The van der Waals surface area contributed by atoms with Gasteiger partial charge in [-0.05, 0) is 111 Å². The third-order valence-corrected chi connectivity index (χ3v) is 9.61. The molecule has 1 aliphatic rings. The molecule has 12 heteroatoms. The highest BCUT2D eigenvalue weighted by Gasteiger charge is 2.67. The zero-order valence-corrected chi connectivity index (χ0v) is 30.9. The maximum atomic E-state index is 13.4. The second-order valence-corrected chi connectivity index (χ2v) is 15.7. The van der Waals surface area contributed by atoms with Gasteiger partial charge in [-0.1, -0.05) is 53.0 Å². The highest BCUT2D eigenvalue weighted by atomic mass is 35.5. The molecule has 1 fully saturated rings. The Hall–Kier alpha value is -3.46. The van der Waals surface area contributed by atoms with Gasteiger partial charge in [-0.3, -0.25) is 14.9 Å². The number of carbonyl (C=O) groups excluding carboxylic acids is 3. The van der Waals surface area contributed by atoms with Crippen LogP contribution in [0.2, 0.25) is 15.1 Å². The molecular formula is C37H34Cl5N3O4. The maximum absolute atomic E-state index is 13.4. The number of anilines is 3. The molecule has 7 nitrogen and oxygen atoms in total. The molecule has 1 aliphatic carbocycles. The van der Waals surface area contributed by atoms with Gasteiger partial charge in [0, 0.05) is 51.6 Å². The van der Waals surface area contributed by atoms with Gasteiger partial charge in [0.25, 0.3) is 0 Å². The minimum Gasteiger partial charge on any atom is -0.444 e. The van der Waals surface area contributed by atoms with Gasteiger partial charge in [0.2, 0.25) is 5.91 Å². The Morgan fingerprint density at radius 3 is 2.06 bits per heavy atom. The van der Waals surface area contributed by atoms with E-state index in [1.807, 2.05) is 70.2 Å². The van der Waals surface area contributed by atoms with Crippen molar-refractivity contribution in [2.24, 2.45) is 5.92 Å². The minimum absolute atomic E-state index is 0.113. The summed E-state index contributed by atoms with van der Waals surface area (Å²) in [4.78, 5) is 38.7. The van der Waals surface area contributed by atoms with Crippen molar-refractivity contribution >= 4 is 92.9 Å². The Balaban J connectivity index is 1.18. The fourth-order valence-corrected chi connectivity index (χ4v) is 7.06. The minimum atomic E-state index is -1.34. The Kier molecular flexibility index (Phi) is 11.1. The summed E-state index contributed by atoms with van der Waals surface area (Å²) in [6.45, 7) is 7.92. The van der Waals surface area contributed by atoms with Crippen molar-refractivity contribution < 1.29 is 19.1 Å². The molecule has 0 bridgehead atoms. The quantitative estimate of drug-likeness (QED) is 0.110. The third-order valence-electron chi connectivity index (χ3n) is 7.90. The van der Waals surface area contributed by atoms with Crippen LogP contribution in [0, 0.1) is 12.8 Å². The molecular weight excluding hydrogens is 728 g/mol. The normalized spacial score (nSPS) is 16.4. The lowest BCUT2D eigenvalue weighted by Crippen LogP contribution is -2.27. The van der Waals surface area contributed by atoms with E-state index in [1.165, 1.54) is 0 Å². The van der Waals surface area contributed by atoms with Gasteiger partial charge >= 0.3 is 6.09 Å². The topological polar surface area (TPSA) is 96.5 Å². The largest absolute Gasteiger partial charge is 0.444 e.